The van der Waals surface area contributed by atoms with E-state index in [1.807, 2.05) is 0 Å². The van der Waals surface area contributed by atoms with Crippen molar-refractivity contribution in [2.45, 2.75) is 32.4 Å². The molecule has 1 aliphatic rings. The van der Waals surface area contributed by atoms with Gasteiger partial charge in [0.05, 0.1) is 39.4 Å². The van der Waals surface area contributed by atoms with Gasteiger partial charge in [-0.25, -0.2) is 4.98 Å². The molecule has 1 unspecified atom stereocenters. The quantitative estimate of drug-likeness (QED) is 0.776. The summed E-state index contributed by atoms with van der Waals surface area (Å²) in [5, 5.41) is 10.8. The highest BCUT2D eigenvalue weighted by molar-refractivity contribution is 5.89. The third kappa shape index (κ3) is 3.72. The van der Waals surface area contributed by atoms with Gasteiger partial charge in [-0.2, -0.15) is 0 Å². The zero-order valence-corrected chi connectivity index (χ0v) is 16.3. The molecule has 0 bridgehead atoms. The van der Waals surface area contributed by atoms with Gasteiger partial charge in [0.25, 0.3) is 5.56 Å². The van der Waals surface area contributed by atoms with E-state index < -0.39 is 6.10 Å². The molecule has 1 aromatic carbocycles. The second kappa shape index (κ2) is 8.14. The summed E-state index contributed by atoms with van der Waals surface area (Å²) in [6.45, 7) is 4.49. The number of ether oxygens (including phenoxy) is 3. The van der Waals surface area contributed by atoms with E-state index in [-0.39, 0.29) is 12.1 Å². The zero-order chi connectivity index (χ0) is 19.6. The molecule has 2 aromatic rings. The number of aliphatic hydroxyl groups is 1. The van der Waals surface area contributed by atoms with E-state index in [0.717, 1.165) is 25.9 Å². The molecule has 148 valence electrons. The molecule has 0 spiro atoms. The van der Waals surface area contributed by atoms with Gasteiger partial charge in [-0.05, 0) is 38.9 Å². The number of nitrogens with zero attached hydrogens (tertiary/aromatic N) is 3. The fraction of sp³-hybridized carbons (Fsp3) is 0.579. The number of likely N-dealkylation sites (tertiary alicyclic amines) is 1. The predicted molar refractivity (Wildman–Crippen MR) is 102 cm³/mol. The molecule has 1 atom stereocenters. The van der Waals surface area contributed by atoms with Crippen LogP contribution in [0.25, 0.3) is 10.9 Å². The minimum absolute atomic E-state index is 0.195. The van der Waals surface area contributed by atoms with Crippen molar-refractivity contribution in [1.82, 2.24) is 14.5 Å². The maximum atomic E-state index is 13.1. The molecule has 0 radical (unpaired) electrons. The van der Waals surface area contributed by atoms with Crippen LogP contribution >= 0.6 is 0 Å². The summed E-state index contributed by atoms with van der Waals surface area (Å²) in [5.41, 5.74) is 0.181. The minimum Gasteiger partial charge on any atom is -0.493 e. The van der Waals surface area contributed by atoms with Crippen LogP contribution in [0.15, 0.2) is 10.9 Å². The van der Waals surface area contributed by atoms with Crippen LogP contribution in [0, 0.1) is 6.92 Å². The number of methoxy groups -OCH3 is 3. The summed E-state index contributed by atoms with van der Waals surface area (Å²) in [5.74, 6) is 1.66. The van der Waals surface area contributed by atoms with E-state index in [0.29, 0.717) is 40.5 Å². The molecule has 3 rings (SSSR count). The van der Waals surface area contributed by atoms with Gasteiger partial charge in [0.15, 0.2) is 11.5 Å². The van der Waals surface area contributed by atoms with Crippen molar-refractivity contribution < 1.29 is 19.3 Å². The highest BCUT2D eigenvalue weighted by Gasteiger charge is 2.22. The third-order valence-corrected chi connectivity index (χ3v) is 5.00. The van der Waals surface area contributed by atoms with Crippen molar-refractivity contribution >= 4 is 10.9 Å². The Morgan fingerprint density at radius 2 is 1.78 bits per heavy atom. The van der Waals surface area contributed by atoms with Gasteiger partial charge < -0.3 is 24.2 Å². The normalized spacial score (nSPS) is 15.9. The monoisotopic (exact) mass is 377 g/mol. The number of benzene rings is 1. The molecule has 0 amide bonds. The topological polar surface area (TPSA) is 86.1 Å². The predicted octanol–water partition coefficient (Wildman–Crippen LogP) is 1.19. The van der Waals surface area contributed by atoms with Crippen LogP contribution < -0.4 is 19.8 Å². The molecule has 0 saturated carbocycles. The lowest BCUT2D eigenvalue weighted by atomic mass is 10.2. The van der Waals surface area contributed by atoms with Crippen molar-refractivity contribution in [1.29, 1.82) is 0 Å². The number of hydrogen-bond donors (Lipinski definition) is 1. The van der Waals surface area contributed by atoms with Gasteiger partial charge in [-0.3, -0.25) is 9.36 Å². The Labute approximate surface area is 158 Å². The first-order chi connectivity index (χ1) is 13.0. The molecular formula is C19H27N3O5. The number of fused-ring (bicyclic) bond motifs is 1. The number of rotatable bonds is 7. The first-order valence-corrected chi connectivity index (χ1v) is 9.10. The molecular weight excluding hydrogens is 350 g/mol. The van der Waals surface area contributed by atoms with Crippen molar-refractivity contribution in [3.05, 3.63) is 22.2 Å². The SMILES string of the molecule is COc1cc2c(=O)n(CC(O)CN3CCCC3)c(C)nc2c(OC)c1OC. The Hall–Kier alpha value is -2.32. The summed E-state index contributed by atoms with van der Waals surface area (Å²) in [6.07, 6.45) is 1.68. The first-order valence-electron chi connectivity index (χ1n) is 9.10. The molecule has 1 aliphatic heterocycles. The molecule has 27 heavy (non-hydrogen) atoms. The molecule has 0 aliphatic carbocycles. The Kier molecular flexibility index (Phi) is 5.86. The second-order valence-corrected chi connectivity index (χ2v) is 6.78. The van der Waals surface area contributed by atoms with Crippen LogP contribution in [0.4, 0.5) is 0 Å². The van der Waals surface area contributed by atoms with Gasteiger partial charge in [-0.1, -0.05) is 0 Å². The Morgan fingerprint density at radius 3 is 2.37 bits per heavy atom. The van der Waals surface area contributed by atoms with Crippen LogP contribution in [-0.2, 0) is 6.54 Å². The number of aliphatic hydroxyl groups excluding tert-OH is 1. The Balaban J connectivity index is 2.03. The number of aromatic nitrogens is 2. The van der Waals surface area contributed by atoms with Crippen LogP contribution in [0.2, 0.25) is 0 Å². The van der Waals surface area contributed by atoms with Gasteiger partial charge in [0.2, 0.25) is 5.75 Å². The lowest BCUT2D eigenvalue weighted by molar-refractivity contribution is 0.107. The molecule has 2 heterocycles. The highest BCUT2D eigenvalue weighted by atomic mass is 16.5. The van der Waals surface area contributed by atoms with E-state index in [1.54, 1.807) is 13.0 Å². The lowest BCUT2D eigenvalue weighted by Crippen LogP contribution is -2.36. The van der Waals surface area contributed by atoms with Crippen molar-refractivity contribution in [3.63, 3.8) is 0 Å². The van der Waals surface area contributed by atoms with Crippen molar-refractivity contribution in [2.24, 2.45) is 0 Å². The fourth-order valence-corrected chi connectivity index (χ4v) is 3.68. The van der Waals surface area contributed by atoms with Crippen LogP contribution in [0.3, 0.4) is 0 Å². The minimum atomic E-state index is -0.638. The lowest BCUT2D eigenvalue weighted by Gasteiger charge is -2.21. The molecule has 8 nitrogen and oxygen atoms in total. The standard InChI is InChI=1S/C19H27N3O5/c1-12-20-16-14(9-15(25-2)17(26-3)18(16)27-4)19(24)22(12)11-13(23)10-21-7-5-6-8-21/h9,13,23H,5-8,10-11H2,1-4H3. The van der Waals surface area contributed by atoms with Gasteiger partial charge >= 0.3 is 0 Å². The Bertz CT molecular complexity index is 874. The summed E-state index contributed by atoms with van der Waals surface area (Å²) >= 11 is 0. The average Bonchev–Trinajstić information content (AvgIpc) is 3.16. The number of hydrogen-bond acceptors (Lipinski definition) is 7. The highest BCUT2D eigenvalue weighted by Crippen LogP contribution is 2.41. The van der Waals surface area contributed by atoms with Crippen LogP contribution in [0.1, 0.15) is 18.7 Å². The molecule has 1 saturated heterocycles. The largest absolute Gasteiger partial charge is 0.493 e. The van der Waals surface area contributed by atoms with Gasteiger partial charge in [-0.15, -0.1) is 0 Å². The zero-order valence-electron chi connectivity index (χ0n) is 16.3. The molecule has 1 fully saturated rings. The van der Waals surface area contributed by atoms with E-state index in [4.69, 9.17) is 14.2 Å². The Morgan fingerprint density at radius 1 is 1.11 bits per heavy atom. The van der Waals surface area contributed by atoms with E-state index in [2.05, 4.69) is 9.88 Å². The van der Waals surface area contributed by atoms with Gasteiger partial charge in [0.1, 0.15) is 11.3 Å². The van der Waals surface area contributed by atoms with Crippen LogP contribution in [-0.4, -0.2) is 66.6 Å². The maximum Gasteiger partial charge on any atom is 0.261 e. The average molecular weight is 377 g/mol. The number of β-amino-alcohol motifs (C(OH)–C–C–N with tert-alkyl or cyclic N) is 1. The summed E-state index contributed by atoms with van der Waals surface area (Å²) in [6, 6.07) is 1.61. The molecule has 1 N–H and O–H groups in total. The maximum absolute atomic E-state index is 13.1. The summed E-state index contributed by atoms with van der Waals surface area (Å²) in [4.78, 5) is 19.9. The smallest absolute Gasteiger partial charge is 0.261 e. The van der Waals surface area contributed by atoms with E-state index >= 15 is 0 Å². The summed E-state index contributed by atoms with van der Waals surface area (Å²) in [7, 11) is 4.51. The van der Waals surface area contributed by atoms with Crippen LogP contribution in [0.5, 0.6) is 17.2 Å². The van der Waals surface area contributed by atoms with Gasteiger partial charge in [0, 0.05) is 6.54 Å². The molecule has 8 heteroatoms. The van der Waals surface area contributed by atoms with E-state index in [1.165, 1.54) is 25.9 Å². The summed E-state index contributed by atoms with van der Waals surface area (Å²) < 4.78 is 17.7. The van der Waals surface area contributed by atoms with Crippen molar-refractivity contribution in [3.8, 4) is 17.2 Å². The van der Waals surface area contributed by atoms with Crippen molar-refractivity contribution in [2.75, 3.05) is 41.0 Å². The fourth-order valence-electron chi connectivity index (χ4n) is 3.68. The third-order valence-electron chi connectivity index (χ3n) is 5.00. The van der Waals surface area contributed by atoms with E-state index in [9.17, 15) is 9.90 Å². The second-order valence-electron chi connectivity index (χ2n) is 6.78. The number of aryl methyl sites for hydroxylation is 1. The first kappa shape index (κ1) is 19.4. The molecule has 1 aromatic heterocycles.